The third-order valence-corrected chi connectivity index (χ3v) is 11.1. The highest BCUT2D eigenvalue weighted by atomic mass is 32.2. The lowest BCUT2D eigenvalue weighted by Gasteiger charge is -2.36. The van der Waals surface area contributed by atoms with Crippen molar-refractivity contribution < 1.29 is 24.0 Å². The number of nitrogens with one attached hydrogen (secondary N) is 4. The number of rotatable bonds is 18. The average Bonchev–Trinajstić information content (AvgIpc) is 3.70. The zero-order valence-electron chi connectivity index (χ0n) is 37.0. The van der Waals surface area contributed by atoms with Crippen molar-refractivity contribution in [2.75, 3.05) is 26.7 Å². The Morgan fingerprint density at radius 1 is 1.02 bits per heavy atom. The molecule has 4 N–H and O–H groups in total. The molecule has 0 radical (unpaired) electrons. The van der Waals surface area contributed by atoms with Crippen LogP contribution in [0.4, 0.5) is 4.79 Å². The maximum atomic E-state index is 14.6. The van der Waals surface area contributed by atoms with Crippen molar-refractivity contribution in [3.05, 3.63) is 60.3 Å². The molecule has 0 bridgehead atoms. The molecule has 5 atom stereocenters. The Bertz CT molecular complexity index is 1560. The Balaban J connectivity index is 0.00000221. The second-order valence-corrected chi connectivity index (χ2v) is 17.5. The molecule has 1 aliphatic heterocycles. The standard InChI is InChI=1S/C40H59N7O5S.C3H8.C2H6/c1-8-14-28-24-29(23-27(28)10-3)34(45-39(52)44-32(40(4,5)6)25-46(7)53-33-16-11-12-20-41-33)38(51)47-21-13-15-31(47)36(49)43-30(22-26-17-18-26)35(48)37(50)42-19-9-2;1-3-2;1-2/h8,10-12,14,16,20,26,29-32,34H,3,9,13,15,17-19,21-25H2,1-2,4-7H3,(H,42,50)(H,43,49)(H2,44,45,52);3H2,1-2H3;1-2H3/b14-8-;;. The molecule has 2 heterocycles. The molecule has 1 aromatic rings. The van der Waals surface area contributed by atoms with Crippen molar-refractivity contribution in [1.29, 1.82) is 0 Å². The number of amides is 5. The summed E-state index contributed by atoms with van der Waals surface area (Å²) in [6, 6.07) is 2.27. The first-order valence-corrected chi connectivity index (χ1v) is 22.2. The lowest BCUT2D eigenvalue weighted by molar-refractivity contribution is -0.143. The van der Waals surface area contributed by atoms with E-state index in [9.17, 15) is 24.0 Å². The summed E-state index contributed by atoms with van der Waals surface area (Å²) < 4.78 is 2.03. The van der Waals surface area contributed by atoms with Gasteiger partial charge in [-0.3, -0.25) is 19.2 Å². The van der Waals surface area contributed by atoms with Crippen LogP contribution in [0.3, 0.4) is 0 Å². The number of Topliss-reactive ketones (excluding diaryl/α,β-unsaturated/α-hetero) is 1. The average molecular weight is 824 g/mol. The van der Waals surface area contributed by atoms with Gasteiger partial charge in [0.2, 0.25) is 17.6 Å². The number of aromatic nitrogens is 1. The highest BCUT2D eigenvalue weighted by molar-refractivity contribution is 7.96. The van der Waals surface area contributed by atoms with Gasteiger partial charge in [-0.05, 0) is 105 Å². The fourth-order valence-corrected chi connectivity index (χ4v) is 7.78. The van der Waals surface area contributed by atoms with E-state index in [0.29, 0.717) is 58.2 Å². The quantitative estimate of drug-likeness (QED) is 0.0884. The SMILES string of the molecule is C=CC1=C(/C=C\C)CC(C(NC(=O)NC(CN(C)Sc2ccccn2)C(C)(C)C)C(=O)N2CCCC2C(=O)NC(CC2CC2)C(=O)C(=O)NCCC)C1.CC.CCC. The van der Waals surface area contributed by atoms with Crippen LogP contribution in [0.5, 0.6) is 0 Å². The summed E-state index contributed by atoms with van der Waals surface area (Å²) >= 11 is 1.49. The third kappa shape index (κ3) is 16.0. The molecule has 5 unspecified atom stereocenters. The predicted octanol–water partition coefficient (Wildman–Crippen LogP) is 7.39. The van der Waals surface area contributed by atoms with Gasteiger partial charge in [-0.15, -0.1) is 0 Å². The van der Waals surface area contributed by atoms with Gasteiger partial charge in [0.15, 0.2) is 0 Å². The summed E-state index contributed by atoms with van der Waals surface area (Å²) in [5, 5.41) is 12.5. The second kappa shape index (κ2) is 25.5. The number of hydrogen-bond acceptors (Lipinski definition) is 8. The first kappa shape index (κ1) is 50.2. The van der Waals surface area contributed by atoms with Crippen molar-refractivity contribution in [2.24, 2.45) is 17.3 Å². The maximum Gasteiger partial charge on any atom is 0.315 e. The molecule has 58 heavy (non-hydrogen) atoms. The summed E-state index contributed by atoms with van der Waals surface area (Å²) in [6.07, 6.45) is 13.9. The van der Waals surface area contributed by atoms with Gasteiger partial charge in [-0.1, -0.05) is 106 Å². The Morgan fingerprint density at radius 2 is 1.69 bits per heavy atom. The van der Waals surface area contributed by atoms with Crippen LogP contribution in [0.2, 0.25) is 0 Å². The molecular formula is C45H73N7O5S. The Hall–Kier alpha value is -3.97. The second-order valence-electron chi connectivity index (χ2n) is 16.3. The molecule has 13 heteroatoms. The summed E-state index contributed by atoms with van der Waals surface area (Å²) in [5.74, 6) is -2.14. The summed E-state index contributed by atoms with van der Waals surface area (Å²) in [7, 11) is 1.95. The smallest absolute Gasteiger partial charge is 0.315 e. The highest BCUT2D eigenvalue weighted by Gasteiger charge is 2.44. The van der Waals surface area contributed by atoms with E-state index in [4.69, 9.17) is 0 Å². The Morgan fingerprint density at radius 3 is 2.26 bits per heavy atom. The molecule has 0 spiro atoms. The molecule has 1 aromatic heterocycles. The van der Waals surface area contributed by atoms with Crippen LogP contribution in [0.25, 0.3) is 0 Å². The number of pyridine rings is 1. The number of carbonyl (C=O) groups is 5. The van der Waals surface area contributed by atoms with E-state index in [1.165, 1.54) is 18.4 Å². The topological polar surface area (TPSA) is 153 Å². The van der Waals surface area contributed by atoms with E-state index in [2.05, 4.69) is 67.4 Å². The molecule has 5 amide bonds. The predicted molar refractivity (Wildman–Crippen MR) is 236 cm³/mol. The minimum atomic E-state index is -0.954. The molecule has 1 saturated heterocycles. The number of urea groups is 1. The van der Waals surface area contributed by atoms with Crippen LogP contribution < -0.4 is 21.3 Å². The molecule has 324 valence electrons. The molecule has 0 aromatic carbocycles. The zero-order chi connectivity index (χ0) is 43.4. The third-order valence-electron chi connectivity index (χ3n) is 10.2. The van der Waals surface area contributed by atoms with Crippen molar-refractivity contribution >= 4 is 41.5 Å². The minimum Gasteiger partial charge on any atom is -0.349 e. The van der Waals surface area contributed by atoms with Gasteiger partial charge in [0.1, 0.15) is 17.1 Å². The van der Waals surface area contributed by atoms with Crippen LogP contribution in [0, 0.1) is 17.3 Å². The summed E-state index contributed by atoms with van der Waals surface area (Å²) in [6.45, 7) is 23.5. The van der Waals surface area contributed by atoms with Gasteiger partial charge in [-0.25, -0.2) is 14.1 Å². The molecule has 3 aliphatic rings. The first-order valence-electron chi connectivity index (χ1n) is 21.4. The lowest BCUT2D eigenvalue weighted by atomic mass is 9.86. The van der Waals surface area contributed by atoms with Crippen LogP contribution in [0.15, 0.2) is 65.4 Å². The van der Waals surface area contributed by atoms with Gasteiger partial charge < -0.3 is 26.2 Å². The van der Waals surface area contributed by atoms with Crippen molar-refractivity contribution in [3.63, 3.8) is 0 Å². The van der Waals surface area contributed by atoms with Crippen LogP contribution in [-0.2, 0) is 19.2 Å². The van der Waals surface area contributed by atoms with Crippen LogP contribution in [-0.4, -0.2) is 94.6 Å². The van der Waals surface area contributed by atoms with E-state index < -0.39 is 41.8 Å². The molecular weight excluding hydrogens is 751 g/mol. The van der Waals surface area contributed by atoms with Crippen molar-refractivity contribution in [2.45, 2.75) is 149 Å². The number of allylic oxidation sites excluding steroid dienone is 5. The number of nitrogens with zero attached hydrogens (tertiary/aromatic N) is 3. The number of hydrogen-bond donors (Lipinski definition) is 4. The number of carbonyl (C=O) groups excluding carboxylic acids is 5. The van der Waals surface area contributed by atoms with E-state index in [1.807, 2.05) is 69.4 Å². The normalized spacial score (nSPS) is 19.3. The summed E-state index contributed by atoms with van der Waals surface area (Å²) in [5.41, 5.74) is 1.76. The highest BCUT2D eigenvalue weighted by Crippen LogP contribution is 2.37. The Labute approximate surface area is 353 Å². The molecule has 2 aliphatic carbocycles. The van der Waals surface area contributed by atoms with Gasteiger partial charge in [-0.2, -0.15) is 0 Å². The molecule has 1 saturated carbocycles. The fraction of sp³-hybridized carbons (Fsp3) is 0.644. The lowest BCUT2D eigenvalue weighted by Crippen LogP contribution is -2.60. The minimum absolute atomic E-state index is 0.265. The fourth-order valence-electron chi connectivity index (χ4n) is 6.99. The monoisotopic (exact) mass is 824 g/mol. The number of ketones is 1. The first-order chi connectivity index (χ1) is 27.7. The van der Waals surface area contributed by atoms with Crippen LogP contribution >= 0.6 is 11.9 Å². The van der Waals surface area contributed by atoms with E-state index in [1.54, 1.807) is 17.2 Å². The Kier molecular flexibility index (Phi) is 22.1. The number of likely N-dealkylation sites (N-methyl/N-ethyl adjacent to an activating group) is 1. The van der Waals surface area contributed by atoms with Crippen molar-refractivity contribution in [1.82, 2.24) is 35.5 Å². The van der Waals surface area contributed by atoms with Gasteiger partial charge >= 0.3 is 6.03 Å². The van der Waals surface area contributed by atoms with Gasteiger partial charge in [0, 0.05) is 31.9 Å². The largest absolute Gasteiger partial charge is 0.349 e. The maximum absolute atomic E-state index is 14.6. The summed E-state index contributed by atoms with van der Waals surface area (Å²) in [4.78, 5) is 74.2. The van der Waals surface area contributed by atoms with Gasteiger partial charge in [0.25, 0.3) is 5.91 Å². The van der Waals surface area contributed by atoms with E-state index >= 15 is 0 Å². The van der Waals surface area contributed by atoms with E-state index in [0.717, 1.165) is 29.0 Å². The van der Waals surface area contributed by atoms with Gasteiger partial charge in [0.05, 0.1) is 6.04 Å². The van der Waals surface area contributed by atoms with Crippen LogP contribution in [0.1, 0.15) is 120 Å². The molecule has 4 rings (SSSR count). The molecule has 2 fully saturated rings. The number of likely N-dealkylation sites (tertiary alicyclic amines) is 1. The molecule has 12 nitrogen and oxygen atoms in total. The van der Waals surface area contributed by atoms with Crippen molar-refractivity contribution in [3.8, 4) is 0 Å². The van der Waals surface area contributed by atoms with E-state index in [-0.39, 0.29) is 29.2 Å². The zero-order valence-corrected chi connectivity index (χ0v) is 37.8.